The minimum absolute atomic E-state index is 0.199. The fourth-order valence-corrected chi connectivity index (χ4v) is 1.94. The molecule has 1 atom stereocenters. The van der Waals surface area contributed by atoms with Gasteiger partial charge in [-0.15, -0.1) is 0 Å². The number of benzene rings is 1. The number of carbonyl (C=O) groups is 1. The third kappa shape index (κ3) is 5.48. The first-order valence-corrected chi connectivity index (χ1v) is 6.73. The van der Waals surface area contributed by atoms with E-state index < -0.39 is 5.97 Å². The normalized spacial score (nSPS) is 11.9. The molecule has 1 aromatic rings. The number of methoxy groups -OCH3 is 2. The summed E-state index contributed by atoms with van der Waals surface area (Å²) in [4.78, 5) is 10.5. The molecule has 20 heavy (non-hydrogen) atoms. The van der Waals surface area contributed by atoms with Crippen LogP contribution in [0.25, 0.3) is 0 Å². The highest BCUT2D eigenvalue weighted by Crippen LogP contribution is 2.27. The maximum Gasteiger partial charge on any atom is 0.303 e. The maximum atomic E-state index is 10.5. The Hall–Kier alpha value is -1.75. The molecule has 1 rings (SSSR count). The van der Waals surface area contributed by atoms with Crippen LogP contribution in [0.1, 0.15) is 25.3 Å². The van der Waals surface area contributed by atoms with Crippen molar-refractivity contribution < 1.29 is 19.4 Å². The van der Waals surface area contributed by atoms with Gasteiger partial charge in [-0.05, 0) is 44.0 Å². The lowest BCUT2D eigenvalue weighted by Crippen LogP contribution is -2.28. The van der Waals surface area contributed by atoms with Crippen LogP contribution in [-0.4, -0.2) is 37.9 Å². The Morgan fingerprint density at radius 3 is 2.60 bits per heavy atom. The summed E-state index contributed by atoms with van der Waals surface area (Å²) in [7, 11) is 3.23. The Bertz CT molecular complexity index is 434. The van der Waals surface area contributed by atoms with Crippen molar-refractivity contribution in [2.24, 2.45) is 0 Å². The molecular weight excluding hydrogens is 258 g/mol. The fourth-order valence-electron chi connectivity index (χ4n) is 1.94. The van der Waals surface area contributed by atoms with Crippen LogP contribution < -0.4 is 14.8 Å². The molecule has 0 saturated carbocycles. The molecule has 0 heterocycles. The third-order valence-electron chi connectivity index (χ3n) is 3.15. The molecular formula is C15H23NO4. The van der Waals surface area contributed by atoms with Crippen molar-refractivity contribution in [3.63, 3.8) is 0 Å². The number of aliphatic carboxylic acids is 1. The molecule has 2 N–H and O–H groups in total. The minimum Gasteiger partial charge on any atom is -0.493 e. The first-order chi connectivity index (χ1) is 9.56. The molecule has 0 aliphatic carbocycles. The van der Waals surface area contributed by atoms with Crippen LogP contribution in [0.3, 0.4) is 0 Å². The Morgan fingerprint density at radius 1 is 1.30 bits per heavy atom. The standard InChI is InChI=1S/C15H23NO4/c1-11(4-7-15(17)18)16-9-8-12-5-6-13(19-2)14(10-12)20-3/h5-6,10-11,16H,4,7-9H2,1-3H3,(H,17,18). The van der Waals surface area contributed by atoms with Gasteiger partial charge in [0.25, 0.3) is 0 Å². The van der Waals surface area contributed by atoms with Gasteiger partial charge in [0, 0.05) is 12.5 Å². The zero-order chi connectivity index (χ0) is 15.0. The third-order valence-corrected chi connectivity index (χ3v) is 3.15. The van der Waals surface area contributed by atoms with Crippen molar-refractivity contribution in [2.75, 3.05) is 20.8 Å². The average Bonchev–Trinajstić information content (AvgIpc) is 2.44. The van der Waals surface area contributed by atoms with Gasteiger partial charge in [-0.3, -0.25) is 4.79 Å². The van der Waals surface area contributed by atoms with Crippen molar-refractivity contribution in [1.82, 2.24) is 5.32 Å². The van der Waals surface area contributed by atoms with Gasteiger partial charge in [-0.1, -0.05) is 6.07 Å². The molecule has 0 aliphatic heterocycles. The lowest BCUT2D eigenvalue weighted by atomic mass is 10.1. The number of ether oxygens (including phenoxy) is 2. The van der Waals surface area contributed by atoms with Crippen LogP contribution in [0, 0.1) is 0 Å². The Morgan fingerprint density at radius 2 is 2.00 bits per heavy atom. The molecule has 1 unspecified atom stereocenters. The minimum atomic E-state index is -0.751. The molecule has 0 bridgehead atoms. The van der Waals surface area contributed by atoms with Crippen LogP contribution in [0.5, 0.6) is 11.5 Å². The molecule has 0 amide bonds. The van der Waals surface area contributed by atoms with E-state index in [1.54, 1.807) is 14.2 Å². The molecule has 0 spiro atoms. The predicted octanol–water partition coefficient (Wildman–Crippen LogP) is 2.09. The van der Waals surface area contributed by atoms with Gasteiger partial charge in [0.15, 0.2) is 11.5 Å². The lowest BCUT2D eigenvalue weighted by molar-refractivity contribution is -0.137. The van der Waals surface area contributed by atoms with E-state index >= 15 is 0 Å². The van der Waals surface area contributed by atoms with Gasteiger partial charge in [0.05, 0.1) is 14.2 Å². The molecule has 0 saturated heterocycles. The second kappa shape index (κ2) is 8.43. The van der Waals surface area contributed by atoms with E-state index in [-0.39, 0.29) is 12.5 Å². The monoisotopic (exact) mass is 281 g/mol. The summed E-state index contributed by atoms with van der Waals surface area (Å²) in [6.07, 6.45) is 1.70. The fraction of sp³-hybridized carbons (Fsp3) is 0.533. The van der Waals surface area contributed by atoms with E-state index in [0.29, 0.717) is 6.42 Å². The van der Waals surface area contributed by atoms with Gasteiger partial charge < -0.3 is 19.9 Å². The summed E-state index contributed by atoms with van der Waals surface area (Å²) < 4.78 is 10.5. The largest absolute Gasteiger partial charge is 0.493 e. The van der Waals surface area contributed by atoms with E-state index in [4.69, 9.17) is 14.6 Å². The molecule has 0 aliphatic rings. The number of carboxylic acid groups (broad SMARTS) is 1. The van der Waals surface area contributed by atoms with Gasteiger partial charge in [-0.2, -0.15) is 0 Å². The van der Waals surface area contributed by atoms with E-state index in [1.807, 2.05) is 25.1 Å². The molecule has 112 valence electrons. The average molecular weight is 281 g/mol. The highest BCUT2D eigenvalue weighted by atomic mass is 16.5. The number of nitrogens with one attached hydrogen (secondary N) is 1. The summed E-state index contributed by atoms with van der Waals surface area (Å²) in [6.45, 7) is 2.80. The second-order valence-corrected chi connectivity index (χ2v) is 4.73. The van der Waals surface area contributed by atoms with Crippen molar-refractivity contribution in [3.8, 4) is 11.5 Å². The number of rotatable bonds is 9. The quantitative estimate of drug-likeness (QED) is 0.725. The van der Waals surface area contributed by atoms with Gasteiger partial charge in [0.1, 0.15) is 0 Å². The topological polar surface area (TPSA) is 67.8 Å². The summed E-state index contributed by atoms with van der Waals surface area (Å²) >= 11 is 0. The van der Waals surface area contributed by atoms with E-state index in [9.17, 15) is 4.79 Å². The maximum absolute atomic E-state index is 10.5. The summed E-state index contributed by atoms with van der Waals surface area (Å²) in [5, 5.41) is 11.9. The van der Waals surface area contributed by atoms with Crippen molar-refractivity contribution in [2.45, 2.75) is 32.2 Å². The Labute approximate surface area is 119 Å². The predicted molar refractivity (Wildman–Crippen MR) is 77.6 cm³/mol. The van der Waals surface area contributed by atoms with Crippen LogP contribution >= 0.6 is 0 Å². The summed E-state index contributed by atoms with van der Waals surface area (Å²) in [5.41, 5.74) is 1.15. The summed E-state index contributed by atoms with van der Waals surface area (Å²) in [5.74, 6) is 0.696. The highest BCUT2D eigenvalue weighted by molar-refractivity contribution is 5.66. The number of carboxylic acids is 1. The van der Waals surface area contributed by atoms with E-state index in [1.165, 1.54) is 0 Å². The van der Waals surface area contributed by atoms with Gasteiger partial charge in [-0.25, -0.2) is 0 Å². The lowest BCUT2D eigenvalue weighted by Gasteiger charge is -2.13. The van der Waals surface area contributed by atoms with Gasteiger partial charge >= 0.3 is 5.97 Å². The highest BCUT2D eigenvalue weighted by Gasteiger charge is 2.06. The molecule has 0 radical (unpaired) electrons. The molecule has 1 aromatic carbocycles. The van der Waals surface area contributed by atoms with Crippen molar-refractivity contribution in [1.29, 1.82) is 0 Å². The smallest absolute Gasteiger partial charge is 0.303 e. The molecule has 0 fully saturated rings. The van der Waals surface area contributed by atoms with Gasteiger partial charge in [0.2, 0.25) is 0 Å². The number of hydrogen-bond donors (Lipinski definition) is 2. The van der Waals surface area contributed by atoms with E-state index in [0.717, 1.165) is 30.0 Å². The summed E-state index contributed by atoms with van der Waals surface area (Å²) in [6, 6.07) is 6.06. The van der Waals surface area contributed by atoms with Crippen LogP contribution in [-0.2, 0) is 11.2 Å². The molecule has 0 aromatic heterocycles. The number of hydrogen-bond acceptors (Lipinski definition) is 4. The molecule has 5 heteroatoms. The SMILES string of the molecule is COc1ccc(CCNC(C)CCC(=O)O)cc1OC. The zero-order valence-corrected chi connectivity index (χ0v) is 12.3. The van der Waals surface area contributed by atoms with E-state index in [2.05, 4.69) is 5.32 Å². The van der Waals surface area contributed by atoms with Crippen LogP contribution in [0.4, 0.5) is 0 Å². The van der Waals surface area contributed by atoms with Crippen molar-refractivity contribution in [3.05, 3.63) is 23.8 Å². The Balaban J connectivity index is 2.40. The zero-order valence-electron chi connectivity index (χ0n) is 12.3. The van der Waals surface area contributed by atoms with Crippen LogP contribution in [0.2, 0.25) is 0 Å². The first-order valence-electron chi connectivity index (χ1n) is 6.73. The second-order valence-electron chi connectivity index (χ2n) is 4.73. The molecule has 5 nitrogen and oxygen atoms in total. The Kier molecular flexibility index (Phi) is 6.87. The first kappa shape index (κ1) is 16.3. The van der Waals surface area contributed by atoms with Crippen LogP contribution in [0.15, 0.2) is 18.2 Å². The van der Waals surface area contributed by atoms with Crippen molar-refractivity contribution >= 4 is 5.97 Å².